The molecule has 1 heterocycles. The monoisotopic (exact) mass is 448 g/mol. The normalized spacial score (nSPS) is 26.6. The summed E-state index contributed by atoms with van der Waals surface area (Å²) in [5, 5.41) is 33.8. The topological polar surface area (TPSA) is 137 Å². The SMILES string of the molecule is CO[C@@H]1O[C@H](CO)[C@@H](O)[C@H](O)[C@H]1NC(=O)CNC(=O)/C=C/c1cccc(C(F)(F)F)c1. The van der Waals surface area contributed by atoms with Gasteiger partial charge in [-0.3, -0.25) is 9.59 Å². The number of carbonyl (C=O) groups is 2. The number of methoxy groups -OCH3 is 1. The van der Waals surface area contributed by atoms with Crippen molar-refractivity contribution >= 4 is 17.9 Å². The second kappa shape index (κ2) is 10.7. The summed E-state index contributed by atoms with van der Waals surface area (Å²) >= 11 is 0. The number of hydrogen-bond acceptors (Lipinski definition) is 7. The van der Waals surface area contributed by atoms with E-state index in [0.717, 1.165) is 24.3 Å². The van der Waals surface area contributed by atoms with E-state index in [-0.39, 0.29) is 5.56 Å². The van der Waals surface area contributed by atoms with Crippen LogP contribution in [0.2, 0.25) is 0 Å². The summed E-state index contributed by atoms with van der Waals surface area (Å²) in [4.78, 5) is 23.9. The number of aliphatic hydroxyl groups excluding tert-OH is 3. The van der Waals surface area contributed by atoms with E-state index in [1.165, 1.54) is 19.2 Å². The average molecular weight is 448 g/mol. The summed E-state index contributed by atoms with van der Waals surface area (Å²) in [6.07, 6.45) is -7.63. The van der Waals surface area contributed by atoms with E-state index < -0.39 is 67.3 Å². The fourth-order valence-electron chi connectivity index (χ4n) is 2.89. The highest BCUT2D eigenvalue weighted by Gasteiger charge is 2.45. The third-order valence-electron chi connectivity index (χ3n) is 4.51. The molecule has 2 rings (SSSR count). The Hall–Kier alpha value is -2.51. The molecule has 0 bridgehead atoms. The van der Waals surface area contributed by atoms with Crippen molar-refractivity contribution in [1.82, 2.24) is 10.6 Å². The van der Waals surface area contributed by atoms with Crippen LogP contribution >= 0.6 is 0 Å². The molecule has 1 fully saturated rings. The lowest BCUT2D eigenvalue weighted by Gasteiger charge is -2.41. The third kappa shape index (κ3) is 6.74. The van der Waals surface area contributed by atoms with Crippen molar-refractivity contribution in [2.24, 2.45) is 0 Å². The molecule has 9 nitrogen and oxygen atoms in total. The minimum atomic E-state index is -4.51. The predicted octanol–water partition coefficient (Wildman–Crippen LogP) is -0.595. The second-order valence-corrected chi connectivity index (χ2v) is 6.71. The van der Waals surface area contributed by atoms with E-state index in [1.54, 1.807) is 0 Å². The van der Waals surface area contributed by atoms with Gasteiger partial charge in [0.05, 0.1) is 18.7 Å². The Kier molecular flexibility index (Phi) is 8.53. The van der Waals surface area contributed by atoms with Crippen molar-refractivity contribution in [3.8, 4) is 0 Å². The third-order valence-corrected chi connectivity index (χ3v) is 4.51. The molecule has 1 aromatic rings. The largest absolute Gasteiger partial charge is 0.416 e. The van der Waals surface area contributed by atoms with Crippen molar-refractivity contribution in [1.29, 1.82) is 0 Å². The van der Waals surface area contributed by atoms with Gasteiger partial charge in [-0.2, -0.15) is 13.2 Å². The van der Waals surface area contributed by atoms with E-state index in [0.29, 0.717) is 0 Å². The molecule has 5 N–H and O–H groups in total. The van der Waals surface area contributed by atoms with Crippen LogP contribution in [-0.4, -0.2) is 78.0 Å². The van der Waals surface area contributed by atoms with Gasteiger partial charge in [0.2, 0.25) is 11.8 Å². The van der Waals surface area contributed by atoms with Crippen LogP contribution < -0.4 is 10.6 Å². The number of nitrogens with one attached hydrogen (secondary N) is 2. The molecular formula is C19H23F3N2O7. The van der Waals surface area contributed by atoms with Gasteiger partial charge in [-0.25, -0.2) is 0 Å². The van der Waals surface area contributed by atoms with E-state index in [9.17, 15) is 33.0 Å². The van der Waals surface area contributed by atoms with Crippen LogP contribution in [0.5, 0.6) is 0 Å². The van der Waals surface area contributed by atoms with Crippen LogP contribution in [0.4, 0.5) is 13.2 Å². The van der Waals surface area contributed by atoms with Crippen LogP contribution in [0.1, 0.15) is 11.1 Å². The highest BCUT2D eigenvalue weighted by atomic mass is 19.4. The zero-order chi connectivity index (χ0) is 23.2. The number of alkyl halides is 3. The number of ether oxygens (including phenoxy) is 2. The molecule has 1 aliphatic heterocycles. The second-order valence-electron chi connectivity index (χ2n) is 6.71. The summed E-state index contributed by atoms with van der Waals surface area (Å²) < 4.78 is 48.4. The van der Waals surface area contributed by atoms with Crippen LogP contribution in [-0.2, 0) is 25.2 Å². The summed E-state index contributed by atoms with van der Waals surface area (Å²) in [7, 11) is 1.24. The Bertz CT molecular complexity index is 801. The molecule has 1 saturated heterocycles. The van der Waals surface area contributed by atoms with Gasteiger partial charge in [-0.15, -0.1) is 0 Å². The quantitative estimate of drug-likeness (QED) is 0.352. The Morgan fingerprint density at radius 3 is 2.58 bits per heavy atom. The number of aliphatic hydroxyl groups is 3. The molecule has 0 spiro atoms. The van der Waals surface area contributed by atoms with Gasteiger partial charge in [0, 0.05) is 13.2 Å². The number of halogens is 3. The molecule has 5 atom stereocenters. The lowest BCUT2D eigenvalue weighted by Crippen LogP contribution is -2.65. The van der Waals surface area contributed by atoms with Crippen molar-refractivity contribution < 1.29 is 47.6 Å². The molecule has 31 heavy (non-hydrogen) atoms. The number of rotatable bonds is 7. The maximum Gasteiger partial charge on any atom is 0.416 e. The highest BCUT2D eigenvalue weighted by Crippen LogP contribution is 2.29. The summed E-state index contributed by atoms with van der Waals surface area (Å²) in [6, 6.07) is 3.18. The Morgan fingerprint density at radius 1 is 1.26 bits per heavy atom. The minimum absolute atomic E-state index is 0.146. The van der Waals surface area contributed by atoms with Gasteiger partial charge in [0.25, 0.3) is 0 Å². The van der Waals surface area contributed by atoms with Crippen LogP contribution in [0.15, 0.2) is 30.3 Å². The lowest BCUT2D eigenvalue weighted by atomic mass is 9.97. The van der Waals surface area contributed by atoms with Gasteiger partial charge in [0.15, 0.2) is 6.29 Å². The molecule has 0 saturated carbocycles. The van der Waals surface area contributed by atoms with Gasteiger partial charge >= 0.3 is 6.18 Å². The zero-order valence-electron chi connectivity index (χ0n) is 16.4. The van der Waals surface area contributed by atoms with Gasteiger partial charge in [0.1, 0.15) is 24.4 Å². The Morgan fingerprint density at radius 2 is 1.97 bits per heavy atom. The fraction of sp³-hybridized carbons (Fsp3) is 0.474. The fourth-order valence-corrected chi connectivity index (χ4v) is 2.89. The molecule has 2 amide bonds. The van der Waals surface area contributed by atoms with Crippen LogP contribution in [0.3, 0.4) is 0 Å². The number of amides is 2. The van der Waals surface area contributed by atoms with Crippen LogP contribution in [0.25, 0.3) is 6.08 Å². The number of carbonyl (C=O) groups excluding carboxylic acids is 2. The number of hydrogen-bond donors (Lipinski definition) is 5. The molecule has 1 aliphatic rings. The molecule has 1 aromatic carbocycles. The van der Waals surface area contributed by atoms with E-state index in [4.69, 9.17) is 14.6 Å². The molecule has 0 unspecified atom stereocenters. The average Bonchev–Trinajstić information content (AvgIpc) is 2.74. The van der Waals surface area contributed by atoms with E-state index in [1.807, 2.05) is 0 Å². The maximum absolute atomic E-state index is 12.7. The van der Waals surface area contributed by atoms with E-state index >= 15 is 0 Å². The van der Waals surface area contributed by atoms with Crippen molar-refractivity contribution in [3.63, 3.8) is 0 Å². The van der Waals surface area contributed by atoms with Crippen molar-refractivity contribution in [2.75, 3.05) is 20.3 Å². The summed E-state index contributed by atoms with van der Waals surface area (Å²) in [6.45, 7) is -1.10. The Balaban J connectivity index is 1.89. The summed E-state index contributed by atoms with van der Waals surface area (Å²) in [5.41, 5.74) is -0.715. The highest BCUT2D eigenvalue weighted by molar-refractivity contribution is 5.94. The zero-order valence-corrected chi connectivity index (χ0v) is 16.4. The molecule has 12 heteroatoms. The van der Waals surface area contributed by atoms with E-state index in [2.05, 4.69) is 10.6 Å². The lowest BCUT2D eigenvalue weighted by molar-refractivity contribution is -0.262. The molecular weight excluding hydrogens is 425 g/mol. The Labute approximate surface area is 175 Å². The summed E-state index contributed by atoms with van der Waals surface area (Å²) in [5.74, 6) is -1.48. The standard InChI is InChI=1S/C19H23F3N2O7/c1-30-18-15(17(29)16(28)12(9-25)31-18)24-14(27)8-23-13(26)6-5-10-3-2-4-11(7-10)19(20,21)22/h2-7,12,15-18,25,28-29H,8-9H2,1H3,(H,23,26)(H,24,27)/b6-5+/t12-,15-,16-,17-,18-/m1/s1. The molecule has 0 aromatic heterocycles. The van der Waals surface area contributed by atoms with Gasteiger partial charge in [-0.05, 0) is 23.8 Å². The van der Waals surface area contributed by atoms with Crippen LogP contribution in [0, 0.1) is 0 Å². The first-order valence-electron chi connectivity index (χ1n) is 9.14. The number of benzene rings is 1. The minimum Gasteiger partial charge on any atom is -0.394 e. The van der Waals surface area contributed by atoms with Gasteiger partial charge in [-0.1, -0.05) is 12.1 Å². The van der Waals surface area contributed by atoms with Crippen molar-refractivity contribution in [3.05, 3.63) is 41.5 Å². The van der Waals surface area contributed by atoms with Gasteiger partial charge < -0.3 is 35.4 Å². The first-order chi connectivity index (χ1) is 14.6. The first kappa shape index (κ1) is 24.8. The van der Waals surface area contributed by atoms with Crippen molar-refractivity contribution in [2.45, 2.75) is 36.8 Å². The molecule has 172 valence electrons. The molecule has 0 radical (unpaired) electrons. The first-order valence-corrected chi connectivity index (χ1v) is 9.14. The molecule has 0 aliphatic carbocycles. The predicted molar refractivity (Wildman–Crippen MR) is 100 cm³/mol. The smallest absolute Gasteiger partial charge is 0.394 e. The maximum atomic E-state index is 12.7.